The molecule has 6 nitrogen and oxygen atoms in total. The predicted octanol–water partition coefficient (Wildman–Crippen LogP) is -0.178. The van der Waals surface area contributed by atoms with Gasteiger partial charge in [0.1, 0.15) is 11.7 Å². The standard InChI is InChI=1S/C7H10N4O2/c8-7-9-5-4(6(12)13)2-1-3-11(5)10-7/h4H,1-3H2,(H2,8,10)(H,12,13). The summed E-state index contributed by atoms with van der Waals surface area (Å²) in [5.74, 6) is -0.758. The van der Waals surface area contributed by atoms with Crippen LogP contribution in [0.1, 0.15) is 24.6 Å². The lowest BCUT2D eigenvalue weighted by molar-refractivity contribution is -0.139. The minimum absolute atomic E-state index is 0.156. The lowest BCUT2D eigenvalue weighted by atomic mass is 10.00. The van der Waals surface area contributed by atoms with Crippen molar-refractivity contribution in [2.24, 2.45) is 0 Å². The molecule has 6 heteroatoms. The number of hydrogen-bond acceptors (Lipinski definition) is 4. The maximum absolute atomic E-state index is 10.8. The van der Waals surface area contributed by atoms with Gasteiger partial charge in [-0.15, -0.1) is 5.10 Å². The number of aromatic nitrogens is 3. The number of carboxylic acid groups (broad SMARTS) is 1. The van der Waals surface area contributed by atoms with Crippen molar-refractivity contribution in [3.8, 4) is 0 Å². The summed E-state index contributed by atoms with van der Waals surface area (Å²) in [6.07, 6.45) is 1.43. The number of nitrogens with zero attached hydrogens (tertiary/aromatic N) is 3. The third-order valence-corrected chi connectivity index (χ3v) is 2.19. The number of hydrogen-bond donors (Lipinski definition) is 2. The Balaban J connectivity index is 2.41. The first-order chi connectivity index (χ1) is 6.18. The smallest absolute Gasteiger partial charge is 0.314 e. The lowest BCUT2D eigenvalue weighted by Gasteiger charge is -2.17. The van der Waals surface area contributed by atoms with Crippen LogP contribution in [0.15, 0.2) is 0 Å². The first-order valence-electron chi connectivity index (χ1n) is 4.11. The van der Waals surface area contributed by atoms with Crippen LogP contribution >= 0.6 is 0 Å². The summed E-state index contributed by atoms with van der Waals surface area (Å²) in [5.41, 5.74) is 5.38. The summed E-state index contributed by atoms with van der Waals surface area (Å²) in [7, 11) is 0. The molecule has 1 aromatic heterocycles. The zero-order chi connectivity index (χ0) is 9.42. The summed E-state index contributed by atoms with van der Waals surface area (Å²) in [4.78, 5) is 14.7. The maximum atomic E-state index is 10.8. The monoisotopic (exact) mass is 182 g/mol. The van der Waals surface area contributed by atoms with Crippen molar-refractivity contribution < 1.29 is 9.90 Å². The zero-order valence-electron chi connectivity index (χ0n) is 6.97. The molecule has 1 aliphatic heterocycles. The van der Waals surface area contributed by atoms with Crippen LogP contribution in [0.3, 0.4) is 0 Å². The highest BCUT2D eigenvalue weighted by molar-refractivity contribution is 5.75. The van der Waals surface area contributed by atoms with Crippen molar-refractivity contribution in [3.63, 3.8) is 0 Å². The first-order valence-corrected chi connectivity index (χ1v) is 4.11. The number of fused-ring (bicyclic) bond motifs is 1. The van der Waals surface area contributed by atoms with Crippen LogP contribution in [-0.2, 0) is 11.3 Å². The fourth-order valence-electron chi connectivity index (χ4n) is 1.60. The SMILES string of the molecule is Nc1nc2n(n1)CCCC2C(=O)O. The number of carbonyl (C=O) groups is 1. The van der Waals surface area contributed by atoms with Gasteiger partial charge in [0.15, 0.2) is 0 Å². The molecule has 0 bridgehead atoms. The normalized spacial score (nSPS) is 21.1. The molecule has 0 radical (unpaired) electrons. The van der Waals surface area contributed by atoms with Gasteiger partial charge >= 0.3 is 5.97 Å². The van der Waals surface area contributed by atoms with Crippen molar-refractivity contribution in [2.75, 3.05) is 5.73 Å². The molecule has 0 saturated carbocycles. The molecule has 0 aliphatic carbocycles. The van der Waals surface area contributed by atoms with E-state index in [0.29, 0.717) is 18.8 Å². The fourth-order valence-corrected chi connectivity index (χ4v) is 1.60. The van der Waals surface area contributed by atoms with Gasteiger partial charge in [-0.05, 0) is 12.8 Å². The van der Waals surface area contributed by atoms with Gasteiger partial charge in [0.05, 0.1) is 0 Å². The Morgan fingerprint density at radius 1 is 1.69 bits per heavy atom. The van der Waals surface area contributed by atoms with Gasteiger partial charge < -0.3 is 10.8 Å². The lowest BCUT2D eigenvalue weighted by Crippen LogP contribution is -2.22. The van der Waals surface area contributed by atoms with Crippen LogP contribution in [0, 0.1) is 0 Å². The quantitative estimate of drug-likeness (QED) is 0.628. The van der Waals surface area contributed by atoms with Gasteiger partial charge in [-0.3, -0.25) is 4.79 Å². The molecule has 1 unspecified atom stereocenters. The van der Waals surface area contributed by atoms with E-state index in [2.05, 4.69) is 10.1 Å². The number of nitrogens with two attached hydrogens (primary N) is 1. The van der Waals surface area contributed by atoms with Crippen LogP contribution in [0.25, 0.3) is 0 Å². The van der Waals surface area contributed by atoms with E-state index < -0.39 is 11.9 Å². The number of rotatable bonds is 1. The van der Waals surface area contributed by atoms with Gasteiger partial charge in [0, 0.05) is 6.54 Å². The highest BCUT2D eigenvalue weighted by Crippen LogP contribution is 2.25. The molecule has 1 aliphatic rings. The Labute approximate surface area is 74.4 Å². The number of carboxylic acids is 1. The van der Waals surface area contributed by atoms with E-state index in [1.165, 1.54) is 0 Å². The van der Waals surface area contributed by atoms with Crippen molar-refractivity contribution in [1.29, 1.82) is 0 Å². The Morgan fingerprint density at radius 2 is 2.46 bits per heavy atom. The maximum Gasteiger partial charge on any atom is 0.314 e. The van der Waals surface area contributed by atoms with Crippen molar-refractivity contribution in [1.82, 2.24) is 14.8 Å². The summed E-state index contributed by atoms with van der Waals surface area (Å²) in [6.45, 7) is 0.712. The van der Waals surface area contributed by atoms with Gasteiger partial charge in [0.25, 0.3) is 0 Å². The fraction of sp³-hybridized carbons (Fsp3) is 0.571. The van der Waals surface area contributed by atoms with E-state index in [1.54, 1.807) is 4.68 Å². The number of anilines is 1. The van der Waals surface area contributed by atoms with E-state index in [9.17, 15) is 4.79 Å². The number of aliphatic carboxylic acids is 1. The van der Waals surface area contributed by atoms with Crippen LogP contribution in [0.2, 0.25) is 0 Å². The second kappa shape index (κ2) is 2.72. The summed E-state index contributed by atoms with van der Waals surface area (Å²) >= 11 is 0. The second-order valence-corrected chi connectivity index (χ2v) is 3.08. The molecular weight excluding hydrogens is 172 g/mol. The van der Waals surface area contributed by atoms with E-state index in [-0.39, 0.29) is 5.95 Å². The largest absolute Gasteiger partial charge is 0.481 e. The van der Waals surface area contributed by atoms with Crippen molar-refractivity contribution in [2.45, 2.75) is 25.3 Å². The van der Waals surface area contributed by atoms with Gasteiger partial charge in [-0.25, -0.2) is 4.68 Å². The number of nitrogen functional groups attached to an aromatic ring is 1. The van der Waals surface area contributed by atoms with Crippen molar-refractivity contribution in [3.05, 3.63) is 5.82 Å². The Morgan fingerprint density at radius 3 is 3.15 bits per heavy atom. The summed E-state index contributed by atoms with van der Waals surface area (Å²) in [5, 5.41) is 12.8. The average Bonchev–Trinajstić information content (AvgIpc) is 2.43. The third-order valence-electron chi connectivity index (χ3n) is 2.19. The van der Waals surface area contributed by atoms with E-state index >= 15 is 0 Å². The minimum atomic E-state index is -0.853. The molecule has 0 fully saturated rings. The molecule has 3 N–H and O–H groups in total. The molecule has 1 aromatic rings. The predicted molar refractivity (Wildman–Crippen MR) is 44.0 cm³/mol. The first kappa shape index (κ1) is 8.03. The van der Waals surface area contributed by atoms with Crippen LogP contribution < -0.4 is 5.73 Å². The van der Waals surface area contributed by atoms with Crippen LogP contribution in [-0.4, -0.2) is 25.8 Å². The minimum Gasteiger partial charge on any atom is -0.481 e. The molecule has 0 saturated heterocycles. The van der Waals surface area contributed by atoms with E-state index in [0.717, 1.165) is 6.42 Å². The molecule has 0 spiro atoms. The molecule has 2 rings (SSSR count). The second-order valence-electron chi connectivity index (χ2n) is 3.08. The average molecular weight is 182 g/mol. The topological polar surface area (TPSA) is 94.0 Å². The van der Waals surface area contributed by atoms with Gasteiger partial charge in [-0.1, -0.05) is 0 Å². The molecule has 1 atom stereocenters. The Hall–Kier alpha value is -1.59. The van der Waals surface area contributed by atoms with E-state index in [1.807, 2.05) is 0 Å². The highest BCUT2D eigenvalue weighted by atomic mass is 16.4. The van der Waals surface area contributed by atoms with Crippen LogP contribution in [0.5, 0.6) is 0 Å². The van der Waals surface area contributed by atoms with Crippen molar-refractivity contribution >= 4 is 11.9 Å². The molecule has 70 valence electrons. The molecular formula is C7H10N4O2. The molecule has 0 aromatic carbocycles. The van der Waals surface area contributed by atoms with Gasteiger partial charge in [0.2, 0.25) is 5.95 Å². The molecule has 2 heterocycles. The molecule has 13 heavy (non-hydrogen) atoms. The third kappa shape index (κ3) is 1.24. The van der Waals surface area contributed by atoms with Gasteiger partial charge in [-0.2, -0.15) is 4.98 Å². The van der Waals surface area contributed by atoms with Crippen LogP contribution in [0.4, 0.5) is 5.95 Å². The Bertz CT molecular complexity index is 346. The summed E-state index contributed by atoms with van der Waals surface area (Å²) < 4.78 is 1.58. The molecule has 0 amide bonds. The highest BCUT2D eigenvalue weighted by Gasteiger charge is 2.29. The Kier molecular flexibility index (Phi) is 1.68. The zero-order valence-corrected chi connectivity index (χ0v) is 6.97. The van der Waals surface area contributed by atoms with E-state index in [4.69, 9.17) is 10.8 Å². The number of aryl methyl sites for hydroxylation is 1. The summed E-state index contributed by atoms with van der Waals surface area (Å²) in [6, 6.07) is 0.